The average Bonchev–Trinajstić information content (AvgIpc) is 2.45. The molecule has 1 saturated heterocycles. The van der Waals surface area contributed by atoms with Gasteiger partial charge in [0.05, 0.1) is 5.52 Å². The van der Waals surface area contributed by atoms with Crippen LogP contribution in [0, 0.1) is 11.8 Å². The van der Waals surface area contributed by atoms with E-state index in [-0.39, 0.29) is 0 Å². The fourth-order valence-corrected chi connectivity index (χ4v) is 3.56. The van der Waals surface area contributed by atoms with E-state index in [1.54, 1.807) is 0 Å². The number of para-hydroxylation sites is 1. The highest BCUT2D eigenvalue weighted by Gasteiger charge is 2.29. The Labute approximate surface area is 127 Å². The number of likely N-dealkylation sites (tertiary alicyclic amines) is 1. The van der Waals surface area contributed by atoms with Crippen molar-refractivity contribution in [2.75, 3.05) is 12.3 Å². The Balaban J connectivity index is 1.88. The summed E-state index contributed by atoms with van der Waals surface area (Å²) in [6.45, 7) is 9.09. The van der Waals surface area contributed by atoms with Crippen LogP contribution in [0.25, 0.3) is 10.9 Å². The number of nitrogen functional groups attached to an aromatic ring is 1. The molecule has 0 bridgehead atoms. The number of nitrogens with zero attached hydrogens (tertiary/aromatic N) is 2. The van der Waals surface area contributed by atoms with E-state index >= 15 is 0 Å². The summed E-state index contributed by atoms with van der Waals surface area (Å²) in [4.78, 5) is 7.11. The van der Waals surface area contributed by atoms with Gasteiger partial charge >= 0.3 is 0 Å². The second-order valence-electron chi connectivity index (χ2n) is 6.71. The van der Waals surface area contributed by atoms with Gasteiger partial charge in [-0.3, -0.25) is 4.90 Å². The number of fused-ring (bicyclic) bond motifs is 1. The summed E-state index contributed by atoms with van der Waals surface area (Å²) in [6, 6.07) is 11.0. The second kappa shape index (κ2) is 5.64. The Hall–Kier alpha value is -1.61. The van der Waals surface area contributed by atoms with Gasteiger partial charge in [-0.15, -0.1) is 0 Å². The number of nitrogens with two attached hydrogens (primary N) is 1. The molecule has 3 nitrogen and oxygen atoms in total. The SMILES string of the molecule is CC1CC(C)C(C)N(Cc2cc3ccccc3nc2N)C1. The van der Waals surface area contributed by atoms with Crippen molar-refractivity contribution < 1.29 is 0 Å². The van der Waals surface area contributed by atoms with Crippen molar-refractivity contribution in [3.8, 4) is 0 Å². The third-order valence-corrected chi connectivity index (χ3v) is 4.93. The largest absolute Gasteiger partial charge is 0.383 e. The maximum absolute atomic E-state index is 6.18. The van der Waals surface area contributed by atoms with E-state index < -0.39 is 0 Å². The second-order valence-corrected chi connectivity index (χ2v) is 6.71. The minimum absolute atomic E-state index is 0.604. The smallest absolute Gasteiger partial charge is 0.128 e. The average molecular weight is 283 g/mol. The highest BCUT2D eigenvalue weighted by molar-refractivity contribution is 5.81. The molecule has 2 aromatic rings. The van der Waals surface area contributed by atoms with E-state index in [9.17, 15) is 0 Å². The Morgan fingerprint density at radius 3 is 2.81 bits per heavy atom. The molecule has 112 valence electrons. The maximum Gasteiger partial charge on any atom is 0.128 e. The van der Waals surface area contributed by atoms with Gasteiger partial charge in [0.2, 0.25) is 0 Å². The number of anilines is 1. The first kappa shape index (κ1) is 14.3. The van der Waals surface area contributed by atoms with Gasteiger partial charge in [-0.1, -0.05) is 32.0 Å². The molecule has 1 aromatic carbocycles. The summed E-state index contributed by atoms with van der Waals surface area (Å²) in [5.74, 6) is 2.17. The highest BCUT2D eigenvalue weighted by Crippen LogP contribution is 2.29. The van der Waals surface area contributed by atoms with Gasteiger partial charge in [-0.05, 0) is 37.3 Å². The summed E-state index contributed by atoms with van der Waals surface area (Å²) in [5.41, 5.74) is 8.31. The monoisotopic (exact) mass is 283 g/mol. The van der Waals surface area contributed by atoms with E-state index in [0.29, 0.717) is 11.9 Å². The molecule has 0 radical (unpaired) electrons. The van der Waals surface area contributed by atoms with E-state index in [0.717, 1.165) is 36.0 Å². The van der Waals surface area contributed by atoms with Gasteiger partial charge in [0.15, 0.2) is 0 Å². The lowest BCUT2D eigenvalue weighted by molar-refractivity contribution is 0.0731. The molecule has 1 aliphatic rings. The molecular formula is C18H25N3. The third-order valence-electron chi connectivity index (χ3n) is 4.93. The van der Waals surface area contributed by atoms with Crippen LogP contribution in [-0.2, 0) is 6.54 Å². The van der Waals surface area contributed by atoms with Crippen LogP contribution >= 0.6 is 0 Å². The number of hydrogen-bond acceptors (Lipinski definition) is 3. The zero-order valence-electron chi connectivity index (χ0n) is 13.2. The maximum atomic E-state index is 6.18. The van der Waals surface area contributed by atoms with Crippen LogP contribution in [0.5, 0.6) is 0 Å². The normalized spacial score (nSPS) is 27.1. The fourth-order valence-electron chi connectivity index (χ4n) is 3.56. The van der Waals surface area contributed by atoms with Crippen LogP contribution in [-0.4, -0.2) is 22.5 Å². The molecule has 3 unspecified atom stereocenters. The van der Waals surface area contributed by atoms with Gasteiger partial charge in [0.25, 0.3) is 0 Å². The molecule has 1 aliphatic heterocycles. The lowest BCUT2D eigenvalue weighted by Gasteiger charge is -2.41. The standard InChI is InChI=1S/C18H25N3/c1-12-8-13(2)14(3)21(10-12)11-16-9-15-6-4-5-7-17(15)20-18(16)19/h4-7,9,12-14H,8,10-11H2,1-3H3,(H2,19,20). The lowest BCUT2D eigenvalue weighted by Crippen LogP contribution is -2.45. The molecule has 0 spiro atoms. The zero-order valence-corrected chi connectivity index (χ0v) is 13.2. The molecule has 3 atom stereocenters. The fraction of sp³-hybridized carbons (Fsp3) is 0.500. The Morgan fingerprint density at radius 2 is 2.00 bits per heavy atom. The van der Waals surface area contributed by atoms with Crippen molar-refractivity contribution >= 4 is 16.7 Å². The highest BCUT2D eigenvalue weighted by atomic mass is 15.2. The van der Waals surface area contributed by atoms with Gasteiger partial charge < -0.3 is 5.73 Å². The van der Waals surface area contributed by atoms with Crippen LogP contribution < -0.4 is 5.73 Å². The van der Waals surface area contributed by atoms with Crippen LogP contribution in [0.4, 0.5) is 5.82 Å². The molecule has 0 saturated carbocycles. The van der Waals surface area contributed by atoms with E-state index in [1.165, 1.54) is 11.8 Å². The number of aromatic nitrogens is 1. The van der Waals surface area contributed by atoms with Crippen molar-refractivity contribution in [1.29, 1.82) is 0 Å². The van der Waals surface area contributed by atoms with Gasteiger partial charge in [-0.25, -0.2) is 4.98 Å². The molecule has 1 fully saturated rings. The van der Waals surface area contributed by atoms with Crippen molar-refractivity contribution in [2.45, 2.75) is 39.8 Å². The zero-order chi connectivity index (χ0) is 15.0. The number of pyridine rings is 1. The van der Waals surface area contributed by atoms with Crippen molar-refractivity contribution in [2.24, 2.45) is 11.8 Å². The van der Waals surface area contributed by atoms with E-state index in [1.807, 2.05) is 12.1 Å². The Kier molecular flexibility index (Phi) is 3.85. The van der Waals surface area contributed by atoms with Gasteiger partial charge in [0, 0.05) is 30.1 Å². The number of benzene rings is 1. The van der Waals surface area contributed by atoms with Crippen molar-refractivity contribution in [3.05, 3.63) is 35.9 Å². The molecule has 1 aromatic heterocycles. The summed E-state index contributed by atoms with van der Waals surface area (Å²) in [6.07, 6.45) is 1.32. The first-order chi connectivity index (χ1) is 10.0. The summed E-state index contributed by atoms with van der Waals surface area (Å²) >= 11 is 0. The van der Waals surface area contributed by atoms with Gasteiger partial charge in [0.1, 0.15) is 5.82 Å². The molecule has 2 N–H and O–H groups in total. The van der Waals surface area contributed by atoms with Crippen molar-refractivity contribution in [3.63, 3.8) is 0 Å². The van der Waals surface area contributed by atoms with E-state index in [2.05, 4.69) is 48.9 Å². The van der Waals surface area contributed by atoms with Crippen LogP contribution in [0.1, 0.15) is 32.8 Å². The van der Waals surface area contributed by atoms with Crippen LogP contribution in [0.3, 0.4) is 0 Å². The molecule has 3 rings (SSSR count). The lowest BCUT2D eigenvalue weighted by atomic mass is 9.86. The number of hydrogen-bond donors (Lipinski definition) is 1. The summed E-state index contributed by atoms with van der Waals surface area (Å²) in [7, 11) is 0. The third kappa shape index (κ3) is 2.88. The minimum atomic E-state index is 0.604. The minimum Gasteiger partial charge on any atom is -0.383 e. The molecule has 2 heterocycles. The topological polar surface area (TPSA) is 42.2 Å². The predicted octanol–water partition coefficient (Wildman–Crippen LogP) is 3.68. The van der Waals surface area contributed by atoms with E-state index in [4.69, 9.17) is 5.73 Å². The molecule has 0 aliphatic carbocycles. The summed E-state index contributed by atoms with van der Waals surface area (Å²) in [5, 5.41) is 1.17. The molecule has 0 amide bonds. The quantitative estimate of drug-likeness (QED) is 0.914. The van der Waals surface area contributed by atoms with Crippen LogP contribution in [0.2, 0.25) is 0 Å². The first-order valence-corrected chi connectivity index (χ1v) is 7.92. The number of rotatable bonds is 2. The Bertz CT molecular complexity index is 637. The number of piperidine rings is 1. The molecule has 3 heteroatoms. The summed E-state index contributed by atoms with van der Waals surface area (Å²) < 4.78 is 0. The first-order valence-electron chi connectivity index (χ1n) is 7.92. The van der Waals surface area contributed by atoms with Crippen LogP contribution in [0.15, 0.2) is 30.3 Å². The molecular weight excluding hydrogens is 258 g/mol. The van der Waals surface area contributed by atoms with Gasteiger partial charge in [-0.2, -0.15) is 0 Å². The Morgan fingerprint density at radius 1 is 1.24 bits per heavy atom. The van der Waals surface area contributed by atoms with Crippen molar-refractivity contribution in [1.82, 2.24) is 9.88 Å². The predicted molar refractivity (Wildman–Crippen MR) is 89.0 cm³/mol. The molecule has 21 heavy (non-hydrogen) atoms.